The lowest BCUT2D eigenvalue weighted by molar-refractivity contribution is -0.387. The molecule has 6 nitrogen and oxygen atoms in total. The number of carbonyl (C=O) groups is 2. The highest BCUT2D eigenvalue weighted by Gasteiger charge is 2.30. The number of anilines is 1. The number of halogens is 1. The largest absolute Gasteiger partial charge is 0.306 e. The topological polar surface area (TPSA) is 80.5 Å². The molecular weight excluding hydrogens is 231 g/mol. The monoisotopic (exact) mass is 238 g/mol. The first kappa shape index (κ1) is 11.2. The zero-order valence-corrected chi connectivity index (χ0v) is 8.55. The average Bonchev–Trinajstić information content (AvgIpc) is 2.58. The minimum Gasteiger partial charge on any atom is -0.304 e. The van der Waals surface area contributed by atoms with Crippen LogP contribution in [0.5, 0.6) is 0 Å². The molecule has 0 unspecified atom stereocenters. The average molecular weight is 238 g/mol. The number of rotatable bonds is 2. The van der Waals surface area contributed by atoms with E-state index in [2.05, 4.69) is 0 Å². The fourth-order valence-electron chi connectivity index (χ4n) is 1.63. The highest BCUT2D eigenvalue weighted by atomic mass is 19.1. The Hall–Kier alpha value is -2.31. The van der Waals surface area contributed by atoms with E-state index in [1.807, 2.05) is 0 Å². The van der Waals surface area contributed by atoms with E-state index in [4.69, 9.17) is 0 Å². The summed E-state index contributed by atoms with van der Waals surface area (Å²) in [5, 5.41) is 10.5. The molecular formula is C10H7FN2O4. The second kappa shape index (κ2) is 3.93. The number of nitro benzene ring substituents is 1. The Morgan fingerprint density at radius 3 is 2.59 bits per heavy atom. The molecule has 7 heteroatoms. The van der Waals surface area contributed by atoms with Crippen LogP contribution < -0.4 is 4.90 Å². The Morgan fingerprint density at radius 1 is 1.35 bits per heavy atom. The number of Topliss-reactive ketones (excluding diaryl/α,β-unsaturated/α-hetero) is 1. The number of ketones is 1. The van der Waals surface area contributed by atoms with E-state index in [0.29, 0.717) is 0 Å². The van der Waals surface area contributed by atoms with Crippen LogP contribution in [0.15, 0.2) is 18.2 Å². The van der Waals surface area contributed by atoms with Crippen LogP contribution >= 0.6 is 0 Å². The summed E-state index contributed by atoms with van der Waals surface area (Å²) in [5.74, 6) is -1.67. The molecule has 0 aliphatic carbocycles. The summed E-state index contributed by atoms with van der Waals surface area (Å²) < 4.78 is 13.1. The number of nitro groups is 1. The van der Waals surface area contributed by atoms with Gasteiger partial charge in [-0.3, -0.25) is 19.7 Å². The molecule has 1 aromatic rings. The van der Waals surface area contributed by atoms with Gasteiger partial charge in [-0.05, 0) is 12.1 Å². The van der Waals surface area contributed by atoms with Gasteiger partial charge in [0.15, 0.2) is 5.78 Å². The summed E-state index contributed by atoms with van der Waals surface area (Å²) in [4.78, 5) is 33.2. The summed E-state index contributed by atoms with van der Waals surface area (Å²) >= 11 is 0. The SMILES string of the molecule is O=C1CC(=O)N(c2ccc(F)c([N+](=O)[O-])c2)C1. The fourth-order valence-corrected chi connectivity index (χ4v) is 1.63. The zero-order chi connectivity index (χ0) is 12.6. The molecule has 0 bridgehead atoms. The van der Waals surface area contributed by atoms with Gasteiger partial charge in [0.25, 0.3) is 0 Å². The lowest BCUT2D eigenvalue weighted by Gasteiger charge is -2.14. The third kappa shape index (κ3) is 1.99. The van der Waals surface area contributed by atoms with Crippen LogP contribution in [0.4, 0.5) is 15.8 Å². The molecule has 0 aromatic heterocycles. The van der Waals surface area contributed by atoms with Crippen LogP contribution in [0.3, 0.4) is 0 Å². The van der Waals surface area contributed by atoms with Gasteiger partial charge in [-0.25, -0.2) is 0 Å². The summed E-state index contributed by atoms with van der Waals surface area (Å²) in [6.07, 6.45) is -0.217. The highest BCUT2D eigenvalue weighted by molar-refractivity contribution is 6.15. The molecule has 17 heavy (non-hydrogen) atoms. The van der Waals surface area contributed by atoms with Crippen molar-refractivity contribution >= 4 is 23.1 Å². The molecule has 1 heterocycles. The number of amides is 1. The second-order valence-electron chi connectivity index (χ2n) is 3.59. The van der Waals surface area contributed by atoms with Gasteiger partial charge in [0.1, 0.15) is 0 Å². The smallest absolute Gasteiger partial charge is 0.304 e. The second-order valence-corrected chi connectivity index (χ2v) is 3.59. The quantitative estimate of drug-likeness (QED) is 0.438. The minimum atomic E-state index is -0.975. The highest BCUT2D eigenvalue weighted by Crippen LogP contribution is 2.26. The summed E-state index contributed by atoms with van der Waals surface area (Å²) in [7, 11) is 0. The molecule has 1 aliphatic heterocycles. The first-order valence-corrected chi connectivity index (χ1v) is 4.75. The van der Waals surface area contributed by atoms with Gasteiger partial charge >= 0.3 is 5.69 Å². The molecule has 1 amide bonds. The normalized spacial score (nSPS) is 15.5. The van der Waals surface area contributed by atoms with E-state index in [-0.39, 0.29) is 24.4 Å². The van der Waals surface area contributed by atoms with Gasteiger partial charge in [0.05, 0.1) is 23.6 Å². The van der Waals surface area contributed by atoms with Gasteiger partial charge in [0, 0.05) is 6.07 Å². The Morgan fingerprint density at radius 2 is 2.06 bits per heavy atom. The van der Waals surface area contributed by atoms with Gasteiger partial charge in [-0.1, -0.05) is 0 Å². The zero-order valence-electron chi connectivity index (χ0n) is 8.55. The summed E-state index contributed by atoms with van der Waals surface area (Å²) in [6, 6.07) is 3.09. The Balaban J connectivity index is 2.40. The van der Waals surface area contributed by atoms with Crippen molar-refractivity contribution in [2.75, 3.05) is 11.4 Å². The number of hydrogen-bond donors (Lipinski definition) is 0. The van der Waals surface area contributed by atoms with Crippen LogP contribution in [0.1, 0.15) is 6.42 Å². The van der Waals surface area contributed by atoms with Gasteiger partial charge in [-0.2, -0.15) is 4.39 Å². The van der Waals surface area contributed by atoms with Crippen molar-refractivity contribution in [3.63, 3.8) is 0 Å². The van der Waals surface area contributed by atoms with Gasteiger partial charge in [-0.15, -0.1) is 0 Å². The fraction of sp³-hybridized carbons (Fsp3) is 0.200. The van der Waals surface area contributed by atoms with Gasteiger partial charge in [0.2, 0.25) is 11.7 Å². The van der Waals surface area contributed by atoms with Crippen LogP contribution in [0.2, 0.25) is 0 Å². The van der Waals surface area contributed by atoms with E-state index in [1.54, 1.807) is 0 Å². The van der Waals surface area contributed by atoms with E-state index in [0.717, 1.165) is 17.0 Å². The minimum absolute atomic E-state index is 0.123. The lowest BCUT2D eigenvalue weighted by atomic mass is 10.2. The van der Waals surface area contributed by atoms with E-state index in [9.17, 15) is 24.1 Å². The molecule has 1 fully saturated rings. The van der Waals surface area contributed by atoms with Crippen LogP contribution in [0, 0.1) is 15.9 Å². The number of carbonyl (C=O) groups excluding carboxylic acids is 2. The van der Waals surface area contributed by atoms with Crippen molar-refractivity contribution in [2.24, 2.45) is 0 Å². The molecule has 0 N–H and O–H groups in total. The Kier molecular flexibility index (Phi) is 2.58. The Bertz CT molecular complexity index is 529. The predicted molar refractivity (Wildman–Crippen MR) is 55.0 cm³/mol. The number of nitrogens with zero attached hydrogens (tertiary/aromatic N) is 2. The maximum atomic E-state index is 13.1. The number of benzene rings is 1. The van der Waals surface area contributed by atoms with Crippen molar-refractivity contribution in [3.8, 4) is 0 Å². The predicted octanol–water partition coefficient (Wildman–Crippen LogP) is 1.04. The van der Waals surface area contributed by atoms with Crippen molar-refractivity contribution < 1.29 is 18.9 Å². The maximum absolute atomic E-state index is 13.1. The Labute approximate surface area is 94.8 Å². The summed E-state index contributed by atoms with van der Waals surface area (Å²) in [6.45, 7) is -0.123. The maximum Gasteiger partial charge on any atom is 0.306 e. The van der Waals surface area contributed by atoms with Gasteiger partial charge < -0.3 is 4.90 Å². The van der Waals surface area contributed by atoms with Crippen LogP contribution in [-0.2, 0) is 9.59 Å². The van der Waals surface area contributed by atoms with Crippen molar-refractivity contribution in [1.82, 2.24) is 0 Å². The van der Waals surface area contributed by atoms with Crippen LogP contribution in [-0.4, -0.2) is 23.2 Å². The first-order chi connectivity index (χ1) is 7.99. The molecule has 1 saturated heterocycles. The van der Waals surface area contributed by atoms with Crippen molar-refractivity contribution in [1.29, 1.82) is 0 Å². The standard InChI is InChI=1S/C10H7FN2O4/c11-8-2-1-6(3-9(8)13(16)17)12-5-7(14)4-10(12)15/h1-3H,4-5H2. The van der Waals surface area contributed by atoms with E-state index >= 15 is 0 Å². The molecule has 2 rings (SSSR count). The number of hydrogen-bond acceptors (Lipinski definition) is 4. The van der Waals surface area contributed by atoms with Crippen molar-refractivity contribution in [3.05, 3.63) is 34.1 Å². The van der Waals surface area contributed by atoms with E-state index in [1.165, 1.54) is 6.07 Å². The summed E-state index contributed by atoms with van der Waals surface area (Å²) in [5.41, 5.74) is -0.552. The lowest BCUT2D eigenvalue weighted by Crippen LogP contribution is -2.24. The molecule has 0 spiro atoms. The van der Waals surface area contributed by atoms with E-state index < -0.39 is 22.3 Å². The first-order valence-electron chi connectivity index (χ1n) is 4.75. The third-order valence-electron chi connectivity index (χ3n) is 2.42. The molecule has 1 aliphatic rings. The van der Waals surface area contributed by atoms with Crippen molar-refractivity contribution in [2.45, 2.75) is 6.42 Å². The molecule has 0 saturated carbocycles. The molecule has 0 radical (unpaired) electrons. The third-order valence-corrected chi connectivity index (χ3v) is 2.42. The molecule has 1 aromatic carbocycles. The van der Waals surface area contributed by atoms with Crippen LogP contribution in [0.25, 0.3) is 0 Å². The molecule has 88 valence electrons. The molecule has 0 atom stereocenters.